The van der Waals surface area contributed by atoms with Crippen LogP contribution < -0.4 is 5.32 Å². The van der Waals surface area contributed by atoms with Crippen molar-refractivity contribution in [2.45, 2.75) is 25.3 Å². The highest BCUT2D eigenvalue weighted by molar-refractivity contribution is 5.87. The van der Waals surface area contributed by atoms with Gasteiger partial charge in [0.2, 0.25) is 5.91 Å². The third kappa shape index (κ3) is 1.44. The molecule has 2 N–H and O–H groups in total. The van der Waals surface area contributed by atoms with Crippen molar-refractivity contribution in [2.24, 2.45) is 23.7 Å². The summed E-state index contributed by atoms with van der Waals surface area (Å²) in [6.45, 7) is 0. The van der Waals surface area contributed by atoms with Gasteiger partial charge in [0.25, 0.3) is 0 Å². The molecule has 4 heteroatoms. The molecule has 0 aromatic heterocycles. The SMILES string of the molecule is O=C(O)[C@@H]1[C@H](C(=O)NC2CC2)[C@H]2C=C[C@H]1C2. The molecule has 4 nitrogen and oxygen atoms in total. The van der Waals surface area contributed by atoms with Gasteiger partial charge in [0.1, 0.15) is 0 Å². The maximum atomic E-state index is 12.0. The fourth-order valence-electron chi connectivity index (χ4n) is 3.04. The molecule has 0 aromatic carbocycles. The van der Waals surface area contributed by atoms with Gasteiger partial charge in [0.15, 0.2) is 0 Å². The third-order valence-corrected chi connectivity index (χ3v) is 3.97. The Hall–Kier alpha value is -1.32. The van der Waals surface area contributed by atoms with Crippen LogP contribution in [0.25, 0.3) is 0 Å². The highest BCUT2D eigenvalue weighted by Gasteiger charge is 2.52. The first kappa shape index (κ1) is 9.87. The standard InChI is InChI=1S/C12H15NO3/c14-11(13-8-3-4-8)9-6-1-2-7(5-6)10(9)12(15)16/h1-2,6-10H,3-5H2,(H,13,14)(H,15,16)/t6-,7-,9+,10-/m0/s1. The van der Waals surface area contributed by atoms with E-state index in [2.05, 4.69) is 5.32 Å². The van der Waals surface area contributed by atoms with Gasteiger partial charge in [0.05, 0.1) is 11.8 Å². The number of allylic oxidation sites excluding steroid dienone is 2. The fourth-order valence-corrected chi connectivity index (χ4v) is 3.04. The Bertz CT molecular complexity index is 372. The molecule has 3 aliphatic carbocycles. The van der Waals surface area contributed by atoms with E-state index >= 15 is 0 Å². The van der Waals surface area contributed by atoms with Crippen LogP contribution in [0, 0.1) is 23.7 Å². The van der Waals surface area contributed by atoms with E-state index in [0.29, 0.717) is 6.04 Å². The van der Waals surface area contributed by atoms with Crippen molar-refractivity contribution in [2.75, 3.05) is 0 Å². The van der Waals surface area contributed by atoms with Gasteiger partial charge in [-0.2, -0.15) is 0 Å². The third-order valence-electron chi connectivity index (χ3n) is 3.97. The smallest absolute Gasteiger partial charge is 0.307 e. The number of aliphatic carboxylic acids is 1. The Morgan fingerprint density at radius 2 is 1.75 bits per heavy atom. The molecule has 2 saturated carbocycles. The summed E-state index contributed by atoms with van der Waals surface area (Å²) in [6, 6.07) is 0.310. The lowest BCUT2D eigenvalue weighted by molar-refractivity contribution is -0.147. The molecule has 2 bridgehead atoms. The van der Waals surface area contributed by atoms with Crippen molar-refractivity contribution >= 4 is 11.9 Å². The average Bonchev–Trinajstić information content (AvgIpc) is 2.81. The monoisotopic (exact) mass is 221 g/mol. The molecule has 0 radical (unpaired) electrons. The van der Waals surface area contributed by atoms with Gasteiger partial charge in [-0.25, -0.2) is 0 Å². The van der Waals surface area contributed by atoms with E-state index in [4.69, 9.17) is 0 Å². The van der Waals surface area contributed by atoms with Gasteiger partial charge in [-0.1, -0.05) is 12.2 Å². The van der Waals surface area contributed by atoms with Crippen molar-refractivity contribution in [3.63, 3.8) is 0 Å². The maximum absolute atomic E-state index is 12.0. The summed E-state index contributed by atoms with van der Waals surface area (Å²) in [7, 11) is 0. The second kappa shape index (κ2) is 3.34. The molecule has 0 heterocycles. The minimum atomic E-state index is -0.826. The van der Waals surface area contributed by atoms with Gasteiger partial charge in [-0.05, 0) is 31.1 Å². The molecule has 2 fully saturated rings. The summed E-state index contributed by atoms with van der Waals surface area (Å²) in [5, 5.41) is 12.1. The van der Waals surface area contributed by atoms with Crippen LogP contribution >= 0.6 is 0 Å². The highest BCUT2D eigenvalue weighted by atomic mass is 16.4. The minimum absolute atomic E-state index is 0.0493. The van der Waals surface area contributed by atoms with E-state index < -0.39 is 11.9 Å². The lowest BCUT2D eigenvalue weighted by Gasteiger charge is -2.23. The normalized spacial score (nSPS) is 40.0. The molecule has 86 valence electrons. The second-order valence-corrected chi connectivity index (χ2v) is 5.12. The summed E-state index contributed by atoms with van der Waals surface area (Å²) in [5.41, 5.74) is 0. The van der Waals surface area contributed by atoms with Crippen LogP contribution in [-0.4, -0.2) is 23.0 Å². The molecule has 0 unspecified atom stereocenters. The van der Waals surface area contributed by atoms with Crippen LogP contribution in [0.3, 0.4) is 0 Å². The first-order valence-electron chi connectivity index (χ1n) is 5.88. The number of nitrogens with one attached hydrogen (secondary N) is 1. The van der Waals surface area contributed by atoms with Gasteiger partial charge < -0.3 is 10.4 Å². The molecule has 1 amide bonds. The number of carbonyl (C=O) groups is 2. The summed E-state index contributed by atoms with van der Waals surface area (Å²) >= 11 is 0. The number of fused-ring (bicyclic) bond motifs is 2. The van der Waals surface area contributed by atoms with Gasteiger partial charge in [-0.15, -0.1) is 0 Å². The molecular formula is C12H15NO3. The Morgan fingerprint density at radius 3 is 2.31 bits per heavy atom. The van der Waals surface area contributed by atoms with E-state index in [0.717, 1.165) is 19.3 Å². The van der Waals surface area contributed by atoms with Crippen molar-refractivity contribution < 1.29 is 14.7 Å². The number of carboxylic acid groups (broad SMARTS) is 1. The maximum Gasteiger partial charge on any atom is 0.307 e. The van der Waals surface area contributed by atoms with Crippen LogP contribution in [0.5, 0.6) is 0 Å². The lowest BCUT2D eigenvalue weighted by Crippen LogP contribution is -2.40. The Kier molecular flexibility index (Phi) is 2.06. The molecule has 3 rings (SSSR count). The lowest BCUT2D eigenvalue weighted by atomic mass is 9.82. The second-order valence-electron chi connectivity index (χ2n) is 5.12. The summed E-state index contributed by atoms with van der Waals surface area (Å²) in [6.07, 6.45) is 6.89. The molecule has 4 atom stereocenters. The zero-order chi connectivity index (χ0) is 11.3. The van der Waals surface area contributed by atoms with Crippen molar-refractivity contribution in [1.82, 2.24) is 5.32 Å². The van der Waals surface area contributed by atoms with E-state index in [9.17, 15) is 14.7 Å². The van der Waals surface area contributed by atoms with E-state index in [1.807, 2.05) is 12.2 Å². The predicted molar refractivity (Wildman–Crippen MR) is 56.5 cm³/mol. The molecule has 0 aromatic rings. The first-order chi connectivity index (χ1) is 7.66. The summed E-state index contributed by atoms with van der Waals surface area (Å²) in [4.78, 5) is 23.2. The van der Waals surface area contributed by atoms with E-state index in [1.54, 1.807) is 0 Å². The van der Waals surface area contributed by atoms with Crippen molar-refractivity contribution in [1.29, 1.82) is 0 Å². The van der Waals surface area contributed by atoms with E-state index in [1.165, 1.54) is 0 Å². The summed E-state index contributed by atoms with van der Waals surface area (Å²) in [5.74, 6) is -1.51. The van der Waals surface area contributed by atoms with Crippen LogP contribution in [0.15, 0.2) is 12.2 Å². The average molecular weight is 221 g/mol. The number of rotatable bonds is 3. The molecular weight excluding hydrogens is 206 g/mol. The zero-order valence-corrected chi connectivity index (χ0v) is 8.93. The first-order valence-corrected chi connectivity index (χ1v) is 5.88. The van der Waals surface area contributed by atoms with Crippen molar-refractivity contribution in [3.8, 4) is 0 Å². The van der Waals surface area contributed by atoms with Crippen LogP contribution in [0.2, 0.25) is 0 Å². The van der Waals surface area contributed by atoms with Crippen LogP contribution in [0.4, 0.5) is 0 Å². The van der Waals surface area contributed by atoms with Gasteiger partial charge in [0, 0.05) is 6.04 Å². The largest absolute Gasteiger partial charge is 0.481 e. The number of carbonyl (C=O) groups excluding carboxylic acids is 1. The zero-order valence-electron chi connectivity index (χ0n) is 8.93. The fraction of sp³-hybridized carbons (Fsp3) is 0.667. The Morgan fingerprint density at radius 1 is 1.12 bits per heavy atom. The number of carboxylic acids is 1. The molecule has 0 spiro atoms. The number of hydrogen-bond donors (Lipinski definition) is 2. The van der Waals surface area contributed by atoms with E-state index in [-0.39, 0.29) is 23.7 Å². The minimum Gasteiger partial charge on any atom is -0.481 e. The number of hydrogen-bond acceptors (Lipinski definition) is 2. The number of amides is 1. The summed E-state index contributed by atoms with van der Waals surface area (Å²) < 4.78 is 0. The van der Waals surface area contributed by atoms with Crippen LogP contribution in [-0.2, 0) is 9.59 Å². The molecule has 0 saturated heterocycles. The molecule has 3 aliphatic rings. The topological polar surface area (TPSA) is 66.4 Å². The highest BCUT2D eigenvalue weighted by Crippen LogP contribution is 2.48. The Labute approximate surface area is 93.7 Å². The van der Waals surface area contributed by atoms with Crippen LogP contribution in [0.1, 0.15) is 19.3 Å². The predicted octanol–water partition coefficient (Wildman–Crippen LogP) is 0.788. The quantitative estimate of drug-likeness (QED) is 0.692. The van der Waals surface area contributed by atoms with Gasteiger partial charge in [-0.3, -0.25) is 9.59 Å². The van der Waals surface area contributed by atoms with Crippen molar-refractivity contribution in [3.05, 3.63) is 12.2 Å². The molecule has 0 aliphatic heterocycles. The van der Waals surface area contributed by atoms with Gasteiger partial charge >= 0.3 is 5.97 Å². The Balaban J connectivity index is 1.78. The molecule has 16 heavy (non-hydrogen) atoms.